The zero-order valence-electron chi connectivity index (χ0n) is 4.89. The highest BCUT2D eigenvalue weighted by Gasteiger charge is 1.07. The first-order chi connectivity index (χ1) is 3.00. The summed E-state index contributed by atoms with van der Waals surface area (Å²) in [6, 6.07) is 0. The molecule has 2 nitrogen and oxygen atoms in total. The summed E-state index contributed by atoms with van der Waals surface area (Å²) in [5.74, 6) is 0. The first-order valence-electron chi connectivity index (χ1n) is 2.20. The normalized spacial score (nSPS) is 2.33. The summed E-state index contributed by atoms with van der Waals surface area (Å²) in [6.07, 6.45) is 0. The van der Waals surface area contributed by atoms with E-state index in [2.05, 4.69) is 0 Å². The lowest BCUT2D eigenvalue weighted by Gasteiger charge is -1.25. The average molecular weight is 85.3 g/mol. The summed E-state index contributed by atoms with van der Waals surface area (Å²) < 4.78 is 0. The van der Waals surface area contributed by atoms with Crippen LogP contribution in [0.1, 0.15) is 0 Å². The Balaban J connectivity index is -0.0000000225. The highest BCUT2D eigenvalue weighted by Crippen LogP contribution is 0.711. The SMILES string of the molecule is BB.BB.OO. The largest absolute Gasteiger partial charge is 0.255 e. The van der Waals surface area contributed by atoms with Crippen LogP contribution in [0.5, 0.6) is 0 Å². The van der Waals surface area contributed by atoms with Crippen molar-refractivity contribution in [1.82, 2.24) is 0 Å². The predicted molar refractivity (Wildman–Crippen MR) is 39.4 cm³/mol. The van der Waals surface area contributed by atoms with Crippen molar-refractivity contribution < 1.29 is 10.5 Å². The van der Waals surface area contributed by atoms with Crippen LogP contribution in [-0.4, -0.2) is 41.5 Å². The molecule has 6 heteroatoms. The Hall–Kier alpha value is 0.180. The third-order valence-corrected chi connectivity index (χ3v) is 0. The van der Waals surface area contributed by atoms with Gasteiger partial charge in [-0.05, 0) is 0 Å². The second kappa shape index (κ2) is 2800. The lowest BCUT2D eigenvalue weighted by atomic mass is 9.81. The van der Waals surface area contributed by atoms with E-state index in [4.69, 9.17) is 10.5 Å². The fourth-order valence-electron chi connectivity index (χ4n) is 0. The summed E-state index contributed by atoms with van der Waals surface area (Å²) >= 11 is 0. The molecule has 0 aliphatic heterocycles. The molecule has 0 aromatic carbocycles. The Morgan fingerprint density at radius 2 is 0.667 bits per heavy atom. The van der Waals surface area contributed by atoms with E-state index in [1.54, 1.807) is 0 Å². The smallest absolute Gasteiger partial charge is 0.0643 e. The molecule has 0 heterocycles. The average Bonchev–Trinajstić information content (AvgIpc) is 1.81. The first kappa shape index (κ1) is 16.4. The van der Waals surface area contributed by atoms with Crippen LogP contribution in [0.4, 0.5) is 0 Å². The zero-order chi connectivity index (χ0) is 6.00. The van der Waals surface area contributed by atoms with E-state index in [9.17, 15) is 0 Å². The lowest BCUT2D eigenvalue weighted by molar-refractivity contribution is -0.176. The summed E-state index contributed by atoms with van der Waals surface area (Å²) in [7, 11) is 8.00. The van der Waals surface area contributed by atoms with Crippen LogP contribution in [0.2, 0.25) is 0 Å². The molecule has 0 aromatic rings. The Morgan fingerprint density at radius 1 is 0.667 bits per heavy atom. The van der Waals surface area contributed by atoms with Crippen molar-refractivity contribution in [2.75, 3.05) is 0 Å². The van der Waals surface area contributed by atoms with Crippen molar-refractivity contribution in [2.45, 2.75) is 0 Å². The van der Waals surface area contributed by atoms with Gasteiger partial charge < -0.3 is 0 Å². The van der Waals surface area contributed by atoms with Gasteiger partial charge in [0, 0.05) is 0 Å². The van der Waals surface area contributed by atoms with Crippen LogP contribution < -0.4 is 0 Å². The summed E-state index contributed by atoms with van der Waals surface area (Å²) in [6.45, 7) is 0. The highest BCUT2D eigenvalue weighted by molar-refractivity contribution is 6.76. The van der Waals surface area contributed by atoms with Crippen LogP contribution >= 0.6 is 0 Å². The van der Waals surface area contributed by atoms with Crippen LogP contribution in [0.15, 0.2) is 0 Å². The van der Waals surface area contributed by atoms with Crippen LogP contribution in [0.25, 0.3) is 0 Å². The molecule has 0 aliphatic carbocycles. The van der Waals surface area contributed by atoms with Gasteiger partial charge in [-0.25, -0.2) is 0 Å². The van der Waals surface area contributed by atoms with Gasteiger partial charge in [-0.15, -0.1) is 0 Å². The van der Waals surface area contributed by atoms with Crippen molar-refractivity contribution in [3.63, 3.8) is 0 Å². The maximum atomic E-state index is 6.00. The van der Waals surface area contributed by atoms with Gasteiger partial charge in [0.2, 0.25) is 0 Å². The number of hydrogen-bond acceptors (Lipinski definition) is 2. The van der Waals surface area contributed by atoms with Gasteiger partial charge in [0.25, 0.3) is 0 Å². The maximum Gasteiger partial charge on any atom is 0.0643 e. The summed E-state index contributed by atoms with van der Waals surface area (Å²) in [5, 5.41) is 12.0. The second-order valence-electron chi connectivity index (χ2n) is 0. The van der Waals surface area contributed by atoms with Crippen molar-refractivity contribution in [2.24, 2.45) is 0 Å². The second-order valence-corrected chi connectivity index (χ2v) is 0. The summed E-state index contributed by atoms with van der Waals surface area (Å²) in [5.41, 5.74) is 0. The van der Waals surface area contributed by atoms with Gasteiger partial charge in [0.15, 0.2) is 0 Å². The molecule has 0 aromatic heterocycles. The van der Waals surface area contributed by atoms with E-state index in [0.29, 0.717) is 0 Å². The Bertz CT molecular complexity index is 5.51. The van der Waals surface area contributed by atoms with Gasteiger partial charge >= 0.3 is 0 Å². The number of rotatable bonds is 0. The summed E-state index contributed by atoms with van der Waals surface area (Å²) in [4.78, 5) is 0. The quantitative estimate of drug-likeness (QED) is 0.181. The number of hydrogen-bond donors (Lipinski definition) is 2. The minimum absolute atomic E-state index is 2.00. The molecule has 0 radical (unpaired) electrons. The fraction of sp³-hybridized carbons (Fsp3) is 0. The minimum atomic E-state index is 2.00. The molecular formula is H10B4O2. The molecule has 0 bridgehead atoms. The first-order valence-corrected chi connectivity index (χ1v) is 2.20. The van der Waals surface area contributed by atoms with Gasteiger partial charge in [-0.3, -0.25) is 10.5 Å². The van der Waals surface area contributed by atoms with E-state index in [0.717, 1.165) is 0 Å². The molecule has 0 spiro atoms. The van der Waals surface area contributed by atoms with Crippen molar-refractivity contribution in [3.8, 4) is 0 Å². The molecule has 0 rings (SSSR count). The van der Waals surface area contributed by atoms with E-state index in [1.165, 1.54) is 0 Å². The monoisotopic (exact) mass is 86.1 g/mol. The van der Waals surface area contributed by atoms with Gasteiger partial charge in [0.1, 0.15) is 0 Å². The molecule has 6 heavy (non-hydrogen) atoms. The van der Waals surface area contributed by atoms with E-state index in [1.807, 2.05) is 30.9 Å². The lowest BCUT2D eigenvalue weighted by Crippen LogP contribution is -1.38. The van der Waals surface area contributed by atoms with Gasteiger partial charge in [-0.1, -0.05) is 0 Å². The molecule has 0 fully saturated rings. The standard InChI is InChI=1S/2B2H4.H2O2/c3*1-2/h2*1-2H2;1-2H. The van der Waals surface area contributed by atoms with Gasteiger partial charge in [0.05, 0.1) is 30.9 Å². The third-order valence-electron chi connectivity index (χ3n) is 0. The molecule has 2 N–H and O–H groups in total. The molecule has 0 atom stereocenters. The molecule has 0 unspecified atom stereocenters. The third kappa shape index (κ3) is 1310. The molecule has 0 aliphatic rings. The molecule has 0 saturated heterocycles. The Morgan fingerprint density at radius 3 is 0.667 bits per heavy atom. The van der Waals surface area contributed by atoms with E-state index >= 15 is 0 Å². The van der Waals surface area contributed by atoms with E-state index in [-0.39, 0.29) is 0 Å². The van der Waals surface area contributed by atoms with E-state index < -0.39 is 0 Å². The van der Waals surface area contributed by atoms with Crippen LogP contribution in [0, 0.1) is 0 Å². The predicted octanol–water partition coefficient (Wildman–Crippen LogP) is -3.65. The zero-order valence-corrected chi connectivity index (χ0v) is 4.89. The molecular weight excluding hydrogens is 75.2 g/mol. The van der Waals surface area contributed by atoms with Crippen LogP contribution in [-0.2, 0) is 0 Å². The Labute approximate surface area is 42.5 Å². The Kier molecular flexibility index (Phi) is 7660. The molecule has 34 valence electrons. The van der Waals surface area contributed by atoms with Crippen LogP contribution in [0.3, 0.4) is 0 Å². The fourth-order valence-corrected chi connectivity index (χ4v) is 0. The molecule has 0 amide bonds. The van der Waals surface area contributed by atoms with Crippen molar-refractivity contribution in [3.05, 3.63) is 0 Å². The molecule has 0 saturated carbocycles. The van der Waals surface area contributed by atoms with Gasteiger partial charge in [-0.2, -0.15) is 0 Å². The minimum Gasteiger partial charge on any atom is -0.255 e. The van der Waals surface area contributed by atoms with Crippen molar-refractivity contribution in [1.29, 1.82) is 0 Å². The maximum absolute atomic E-state index is 6.00. The van der Waals surface area contributed by atoms with Crippen molar-refractivity contribution >= 4 is 30.9 Å². The topological polar surface area (TPSA) is 40.5 Å². The highest BCUT2D eigenvalue weighted by atomic mass is 17.0.